The molecule has 21 heavy (non-hydrogen) atoms. The third-order valence-corrected chi connectivity index (χ3v) is 4.19. The number of nitrogens with one attached hydrogen (secondary N) is 1. The summed E-state index contributed by atoms with van der Waals surface area (Å²) in [4.78, 5) is 2.39. The van der Waals surface area contributed by atoms with E-state index in [2.05, 4.69) is 72.2 Å². The molecular weight excluding hydrogens is 328 g/mol. The highest BCUT2D eigenvalue weighted by molar-refractivity contribution is 9.10. The summed E-state index contributed by atoms with van der Waals surface area (Å²) in [6.07, 6.45) is 1.20. The highest BCUT2D eigenvalue weighted by Gasteiger charge is 2.15. The molecule has 0 radical (unpaired) electrons. The first-order chi connectivity index (χ1) is 9.95. The van der Waals surface area contributed by atoms with Crippen molar-refractivity contribution in [2.24, 2.45) is 5.92 Å². The summed E-state index contributed by atoms with van der Waals surface area (Å²) < 4.78 is 6.21. The maximum absolute atomic E-state index is 5.08. The molecule has 0 aliphatic rings. The second-order valence-electron chi connectivity index (χ2n) is 6.03. The Balaban J connectivity index is 2.79. The molecule has 0 heterocycles. The maximum atomic E-state index is 5.08. The molecule has 0 saturated carbocycles. The van der Waals surface area contributed by atoms with Gasteiger partial charge in [0.15, 0.2) is 0 Å². The van der Waals surface area contributed by atoms with Crippen LogP contribution in [-0.4, -0.2) is 33.4 Å². The molecule has 0 aliphatic carbocycles. The molecule has 0 aromatic heterocycles. The zero-order valence-electron chi connectivity index (χ0n) is 13.9. The van der Waals surface area contributed by atoms with Crippen molar-refractivity contribution < 1.29 is 4.74 Å². The van der Waals surface area contributed by atoms with Crippen LogP contribution in [0.1, 0.15) is 32.8 Å². The first kappa shape index (κ1) is 18.5. The number of anilines is 1. The van der Waals surface area contributed by atoms with E-state index in [0.29, 0.717) is 12.0 Å². The van der Waals surface area contributed by atoms with Gasteiger partial charge in [0.25, 0.3) is 0 Å². The number of nitrogens with zero attached hydrogens (tertiary/aromatic N) is 1. The Morgan fingerprint density at radius 3 is 2.62 bits per heavy atom. The van der Waals surface area contributed by atoms with Crippen molar-refractivity contribution in [3.63, 3.8) is 0 Å². The molecule has 1 aromatic carbocycles. The molecule has 4 heteroatoms. The number of ether oxygens (including phenoxy) is 1. The summed E-state index contributed by atoms with van der Waals surface area (Å²) in [5.41, 5.74) is 2.62. The van der Waals surface area contributed by atoms with E-state index in [4.69, 9.17) is 4.74 Å². The summed E-state index contributed by atoms with van der Waals surface area (Å²) in [5, 5.41) is 3.43. The smallest absolute Gasteiger partial charge is 0.0587 e. The van der Waals surface area contributed by atoms with Gasteiger partial charge in [-0.05, 0) is 43.0 Å². The SMILES string of the molecule is COCCNCc1cc(Br)ccc1N(C)C(C)CC(C)C. The van der Waals surface area contributed by atoms with Gasteiger partial charge in [0, 0.05) is 43.4 Å². The number of methoxy groups -OCH3 is 1. The van der Waals surface area contributed by atoms with Crippen LogP contribution in [0.5, 0.6) is 0 Å². The Kier molecular flexibility index (Phi) is 8.30. The van der Waals surface area contributed by atoms with Crippen LogP contribution in [0.4, 0.5) is 5.69 Å². The lowest BCUT2D eigenvalue weighted by Crippen LogP contribution is -2.31. The minimum absolute atomic E-state index is 0.531. The number of rotatable bonds is 9. The average Bonchev–Trinajstić information content (AvgIpc) is 2.42. The summed E-state index contributed by atoms with van der Waals surface area (Å²) in [6, 6.07) is 7.05. The zero-order chi connectivity index (χ0) is 15.8. The van der Waals surface area contributed by atoms with Crippen molar-refractivity contribution in [1.29, 1.82) is 0 Å². The molecule has 1 rings (SSSR count). The van der Waals surface area contributed by atoms with E-state index in [1.165, 1.54) is 17.7 Å². The molecule has 0 spiro atoms. The molecule has 0 aliphatic heterocycles. The lowest BCUT2D eigenvalue weighted by Gasteiger charge is -2.30. The molecule has 0 amide bonds. The topological polar surface area (TPSA) is 24.5 Å². The van der Waals surface area contributed by atoms with Crippen molar-refractivity contribution in [3.8, 4) is 0 Å². The predicted octanol–water partition coefficient (Wildman–Crippen LogP) is 4.06. The molecule has 0 bridgehead atoms. The fourth-order valence-electron chi connectivity index (χ4n) is 2.51. The van der Waals surface area contributed by atoms with Gasteiger partial charge in [-0.15, -0.1) is 0 Å². The van der Waals surface area contributed by atoms with E-state index in [9.17, 15) is 0 Å². The molecule has 1 atom stereocenters. The fourth-order valence-corrected chi connectivity index (χ4v) is 2.92. The van der Waals surface area contributed by atoms with Gasteiger partial charge < -0.3 is 15.0 Å². The molecular formula is C17H29BrN2O. The van der Waals surface area contributed by atoms with E-state index >= 15 is 0 Å². The summed E-state index contributed by atoms with van der Waals surface area (Å²) >= 11 is 3.57. The van der Waals surface area contributed by atoms with Crippen LogP contribution in [0.2, 0.25) is 0 Å². The number of halogens is 1. The standard InChI is InChI=1S/C17H29BrN2O/c1-13(2)10-14(3)20(4)17-7-6-16(18)11-15(17)12-19-8-9-21-5/h6-7,11,13-14,19H,8-10,12H2,1-5H3. The quantitative estimate of drug-likeness (QED) is 0.675. The van der Waals surface area contributed by atoms with Crippen LogP contribution < -0.4 is 10.2 Å². The van der Waals surface area contributed by atoms with Crippen LogP contribution in [0, 0.1) is 5.92 Å². The molecule has 3 nitrogen and oxygen atoms in total. The molecule has 0 fully saturated rings. The van der Waals surface area contributed by atoms with E-state index in [1.807, 2.05) is 0 Å². The van der Waals surface area contributed by atoms with Gasteiger partial charge in [-0.2, -0.15) is 0 Å². The van der Waals surface area contributed by atoms with Crippen molar-refractivity contribution in [1.82, 2.24) is 5.32 Å². The van der Waals surface area contributed by atoms with E-state index < -0.39 is 0 Å². The number of benzene rings is 1. The van der Waals surface area contributed by atoms with E-state index in [0.717, 1.165) is 24.2 Å². The Labute approximate surface area is 138 Å². The Hall–Kier alpha value is -0.580. The van der Waals surface area contributed by atoms with E-state index in [1.54, 1.807) is 7.11 Å². The van der Waals surface area contributed by atoms with Gasteiger partial charge in [-0.25, -0.2) is 0 Å². The minimum atomic E-state index is 0.531. The van der Waals surface area contributed by atoms with Crippen molar-refractivity contribution >= 4 is 21.6 Å². The van der Waals surface area contributed by atoms with Crippen LogP contribution in [0.15, 0.2) is 22.7 Å². The Morgan fingerprint density at radius 2 is 2.00 bits per heavy atom. The van der Waals surface area contributed by atoms with Crippen molar-refractivity contribution in [3.05, 3.63) is 28.2 Å². The fraction of sp³-hybridized carbons (Fsp3) is 0.647. The highest BCUT2D eigenvalue weighted by Crippen LogP contribution is 2.26. The van der Waals surface area contributed by atoms with Crippen LogP contribution >= 0.6 is 15.9 Å². The largest absolute Gasteiger partial charge is 0.383 e. The lowest BCUT2D eigenvalue weighted by molar-refractivity contribution is 0.199. The zero-order valence-corrected chi connectivity index (χ0v) is 15.5. The van der Waals surface area contributed by atoms with Gasteiger partial charge in [0.1, 0.15) is 0 Å². The van der Waals surface area contributed by atoms with Gasteiger partial charge in [-0.1, -0.05) is 29.8 Å². The van der Waals surface area contributed by atoms with Gasteiger partial charge >= 0.3 is 0 Å². The Morgan fingerprint density at radius 1 is 1.29 bits per heavy atom. The molecule has 0 saturated heterocycles. The normalized spacial score (nSPS) is 12.7. The molecule has 1 aromatic rings. The minimum Gasteiger partial charge on any atom is -0.383 e. The number of hydrogen-bond donors (Lipinski definition) is 1. The third-order valence-electron chi connectivity index (χ3n) is 3.69. The third kappa shape index (κ3) is 6.37. The van der Waals surface area contributed by atoms with E-state index in [-0.39, 0.29) is 0 Å². The van der Waals surface area contributed by atoms with Crippen molar-refractivity contribution in [2.75, 3.05) is 32.2 Å². The first-order valence-electron chi connectivity index (χ1n) is 7.66. The number of hydrogen-bond acceptors (Lipinski definition) is 3. The molecule has 120 valence electrons. The van der Waals surface area contributed by atoms with Gasteiger partial charge in [0.2, 0.25) is 0 Å². The first-order valence-corrected chi connectivity index (χ1v) is 8.46. The maximum Gasteiger partial charge on any atom is 0.0587 e. The van der Waals surface area contributed by atoms with Crippen molar-refractivity contribution in [2.45, 2.75) is 39.8 Å². The lowest BCUT2D eigenvalue weighted by atomic mass is 10.0. The van der Waals surface area contributed by atoms with Crippen LogP contribution in [0.3, 0.4) is 0 Å². The average molecular weight is 357 g/mol. The van der Waals surface area contributed by atoms with Gasteiger partial charge in [0.05, 0.1) is 6.61 Å². The second kappa shape index (κ2) is 9.44. The summed E-state index contributed by atoms with van der Waals surface area (Å²) in [6.45, 7) is 9.32. The summed E-state index contributed by atoms with van der Waals surface area (Å²) in [7, 11) is 3.92. The monoisotopic (exact) mass is 356 g/mol. The highest BCUT2D eigenvalue weighted by atomic mass is 79.9. The van der Waals surface area contributed by atoms with Crippen LogP contribution in [0.25, 0.3) is 0 Å². The Bertz CT molecular complexity index is 423. The molecule has 1 unspecified atom stereocenters. The summed E-state index contributed by atoms with van der Waals surface area (Å²) in [5.74, 6) is 0.709. The van der Waals surface area contributed by atoms with Crippen LogP contribution in [-0.2, 0) is 11.3 Å². The molecule has 1 N–H and O–H groups in total. The van der Waals surface area contributed by atoms with Gasteiger partial charge in [-0.3, -0.25) is 0 Å². The predicted molar refractivity (Wildman–Crippen MR) is 95.0 cm³/mol. The second-order valence-corrected chi connectivity index (χ2v) is 6.95.